The van der Waals surface area contributed by atoms with Gasteiger partial charge in [-0.05, 0) is 73.0 Å². The largest absolute Gasteiger partial charge is 0.321 e. The average molecular weight is 465 g/mol. The standard InChI is InChI=1S/C25H32N6OS/c1-6-9-21(23-27-28-29-31(23)25(3,4)5)30(16-20-12-8-13-33-20)15-19-14-18-11-7-10-17(2)22(18)26-24(19)32/h7-8,10-14,21H,6,9,15-16H2,1-5H3,(H,26,32). The Kier molecular flexibility index (Phi) is 6.76. The molecule has 0 spiro atoms. The van der Waals surface area contributed by atoms with Crippen molar-refractivity contribution in [2.24, 2.45) is 0 Å². The molecule has 1 N–H and O–H groups in total. The van der Waals surface area contributed by atoms with Crippen molar-refractivity contribution in [1.82, 2.24) is 30.1 Å². The number of H-pyrrole nitrogens is 1. The Morgan fingerprint density at radius 3 is 2.70 bits per heavy atom. The fourth-order valence-corrected chi connectivity index (χ4v) is 5.00. The second kappa shape index (κ2) is 9.57. The van der Waals surface area contributed by atoms with Crippen molar-refractivity contribution >= 4 is 22.2 Å². The first-order valence-electron chi connectivity index (χ1n) is 11.4. The van der Waals surface area contributed by atoms with Crippen molar-refractivity contribution < 1.29 is 0 Å². The summed E-state index contributed by atoms with van der Waals surface area (Å²) in [7, 11) is 0. The maximum absolute atomic E-state index is 13.1. The summed E-state index contributed by atoms with van der Waals surface area (Å²) < 4.78 is 1.92. The van der Waals surface area contributed by atoms with Crippen LogP contribution in [0.1, 0.15) is 68.4 Å². The van der Waals surface area contributed by atoms with E-state index < -0.39 is 0 Å². The molecule has 0 amide bonds. The fraction of sp³-hybridized carbons (Fsp3) is 0.440. The van der Waals surface area contributed by atoms with Crippen molar-refractivity contribution in [1.29, 1.82) is 0 Å². The normalized spacial score (nSPS) is 13.2. The van der Waals surface area contributed by atoms with E-state index in [-0.39, 0.29) is 17.1 Å². The second-order valence-corrected chi connectivity index (χ2v) is 10.6. The van der Waals surface area contributed by atoms with Gasteiger partial charge < -0.3 is 4.98 Å². The third-order valence-electron chi connectivity index (χ3n) is 5.91. The predicted molar refractivity (Wildman–Crippen MR) is 133 cm³/mol. The van der Waals surface area contributed by atoms with Crippen LogP contribution in [0.15, 0.2) is 46.6 Å². The summed E-state index contributed by atoms with van der Waals surface area (Å²) in [6.07, 6.45) is 1.88. The van der Waals surface area contributed by atoms with Gasteiger partial charge in [0.25, 0.3) is 5.56 Å². The van der Waals surface area contributed by atoms with Crippen LogP contribution in [0.5, 0.6) is 0 Å². The van der Waals surface area contributed by atoms with E-state index in [1.807, 2.05) is 29.8 Å². The zero-order valence-electron chi connectivity index (χ0n) is 20.0. The van der Waals surface area contributed by atoms with Crippen LogP contribution in [0.4, 0.5) is 0 Å². The molecule has 0 aliphatic heterocycles. The van der Waals surface area contributed by atoms with E-state index in [1.54, 1.807) is 11.3 Å². The highest BCUT2D eigenvalue weighted by molar-refractivity contribution is 7.09. The minimum atomic E-state index is -0.239. The molecule has 0 aliphatic carbocycles. The molecule has 4 rings (SSSR count). The Bertz CT molecular complexity index is 1270. The predicted octanol–water partition coefficient (Wildman–Crippen LogP) is 5.18. The first-order chi connectivity index (χ1) is 15.8. The zero-order chi connectivity index (χ0) is 23.6. The van der Waals surface area contributed by atoms with Gasteiger partial charge in [-0.15, -0.1) is 16.4 Å². The number of rotatable bonds is 8. The lowest BCUT2D eigenvalue weighted by Crippen LogP contribution is -2.35. The van der Waals surface area contributed by atoms with Crippen molar-refractivity contribution in [3.8, 4) is 0 Å². The number of para-hydroxylation sites is 1. The van der Waals surface area contributed by atoms with Crippen molar-refractivity contribution in [2.75, 3.05) is 0 Å². The summed E-state index contributed by atoms with van der Waals surface area (Å²) in [5.41, 5.74) is 2.44. The van der Waals surface area contributed by atoms with Gasteiger partial charge in [0, 0.05) is 23.5 Å². The second-order valence-electron chi connectivity index (χ2n) is 9.57. The molecule has 3 aromatic heterocycles. The summed E-state index contributed by atoms with van der Waals surface area (Å²) in [5, 5.41) is 15.9. The monoisotopic (exact) mass is 464 g/mol. The molecular formula is C25H32N6OS. The molecule has 1 atom stereocenters. The van der Waals surface area contributed by atoms with Crippen LogP contribution in [0.2, 0.25) is 0 Å². The Balaban J connectivity index is 1.78. The summed E-state index contributed by atoms with van der Waals surface area (Å²) in [6, 6.07) is 12.3. The maximum Gasteiger partial charge on any atom is 0.252 e. The first kappa shape index (κ1) is 23.3. The van der Waals surface area contributed by atoms with E-state index in [0.717, 1.165) is 47.2 Å². The number of aromatic amines is 1. The van der Waals surface area contributed by atoms with Gasteiger partial charge in [-0.25, -0.2) is 4.68 Å². The van der Waals surface area contributed by atoms with Gasteiger partial charge in [0.1, 0.15) is 0 Å². The number of nitrogens with one attached hydrogen (secondary N) is 1. The Hall–Kier alpha value is -2.84. The van der Waals surface area contributed by atoms with Crippen molar-refractivity contribution in [2.45, 2.75) is 72.1 Å². The molecule has 174 valence electrons. The smallest absolute Gasteiger partial charge is 0.252 e. The zero-order valence-corrected chi connectivity index (χ0v) is 20.8. The number of nitrogens with zero attached hydrogens (tertiary/aromatic N) is 5. The molecule has 0 saturated carbocycles. The highest BCUT2D eigenvalue weighted by atomic mass is 32.1. The third-order valence-corrected chi connectivity index (χ3v) is 6.77. The SMILES string of the molecule is CCCC(c1nnnn1C(C)(C)C)N(Cc1cccs1)Cc1cc2cccc(C)c2[nH]c1=O. The molecule has 0 bridgehead atoms. The summed E-state index contributed by atoms with van der Waals surface area (Å²) >= 11 is 1.73. The highest BCUT2D eigenvalue weighted by Gasteiger charge is 2.30. The van der Waals surface area contributed by atoms with Gasteiger partial charge in [-0.1, -0.05) is 37.6 Å². The topological polar surface area (TPSA) is 79.7 Å². The van der Waals surface area contributed by atoms with E-state index in [1.165, 1.54) is 4.88 Å². The van der Waals surface area contributed by atoms with Gasteiger partial charge in [0.2, 0.25) is 0 Å². The van der Waals surface area contributed by atoms with Gasteiger partial charge in [-0.3, -0.25) is 9.69 Å². The number of tetrazole rings is 1. The van der Waals surface area contributed by atoms with Crippen LogP contribution in [0.25, 0.3) is 10.9 Å². The lowest BCUT2D eigenvalue weighted by molar-refractivity contribution is 0.150. The molecule has 3 heterocycles. The number of fused-ring (bicyclic) bond motifs is 1. The van der Waals surface area contributed by atoms with Crippen LogP contribution < -0.4 is 5.56 Å². The molecule has 33 heavy (non-hydrogen) atoms. The van der Waals surface area contributed by atoms with Crippen molar-refractivity contribution in [3.05, 3.63) is 74.0 Å². The number of pyridine rings is 1. The third kappa shape index (κ3) is 5.07. The lowest BCUT2D eigenvalue weighted by atomic mass is 10.0. The molecule has 8 heteroatoms. The van der Waals surface area contributed by atoms with Gasteiger partial charge in [0.15, 0.2) is 5.82 Å². The molecule has 7 nitrogen and oxygen atoms in total. The van der Waals surface area contributed by atoms with Crippen LogP contribution in [0.3, 0.4) is 0 Å². The van der Waals surface area contributed by atoms with Gasteiger partial charge >= 0.3 is 0 Å². The minimum absolute atomic E-state index is 0.0149. The molecule has 0 aliphatic rings. The van der Waals surface area contributed by atoms with Crippen molar-refractivity contribution in [3.63, 3.8) is 0 Å². The van der Waals surface area contributed by atoms with E-state index in [2.05, 4.69) is 76.7 Å². The van der Waals surface area contributed by atoms with E-state index in [0.29, 0.717) is 6.54 Å². The Morgan fingerprint density at radius 1 is 1.18 bits per heavy atom. The summed E-state index contributed by atoms with van der Waals surface area (Å²) in [5.74, 6) is 0.842. The summed E-state index contributed by atoms with van der Waals surface area (Å²) in [4.78, 5) is 19.8. The number of hydrogen-bond acceptors (Lipinski definition) is 6. The van der Waals surface area contributed by atoms with E-state index in [4.69, 9.17) is 0 Å². The molecule has 0 radical (unpaired) electrons. The maximum atomic E-state index is 13.1. The molecule has 0 saturated heterocycles. The molecule has 0 fully saturated rings. The van der Waals surface area contributed by atoms with Crippen LogP contribution >= 0.6 is 11.3 Å². The van der Waals surface area contributed by atoms with Crippen LogP contribution in [-0.4, -0.2) is 30.1 Å². The fourth-order valence-electron chi connectivity index (χ4n) is 4.27. The van der Waals surface area contributed by atoms with E-state index in [9.17, 15) is 4.79 Å². The summed E-state index contributed by atoms with van der Waals surface area (Å²) in [6.45, 7) is 11.8. The quantitative estimate of drug-likeness (QED) is 0.388. The van der Waals surface area contributed by atoms with E-state index >= 15 is 0 Å². The van der Waals surface area contributed by atoms with Crippen LogP contribution in [0, 0.1) is 6.92 Å². The Labute approximate surface area is 198 Å². The number of aryl methyl sites for hydroxylation is 1. The molecule has 1 unspecified atom stereocenters. The average Bonchev–Trinajstić information content (AvgIpc) is 3.45. The van der Waals surface area contributed by atoms with Crippen LogP contribution in [-0.2, 0) is 18.6 Å². The highest BCUT2D eigenvalue weighted by Crippen LogP contribution is 2.31. The number of thiophene rings is 1. The molecule has 1 aromatic carbocycles. The number of aromatic nitrogens is 5. The van der Waals surface area contributed by atoms with Gasteiger partial charge in [0.05, 0.1) is 17.1 Å². The molecule has 4 aromatic rings. The minimum Gasteiger partial charge on any atom is -0.321 e. The number of hydrogen-bond donors (Lipinski definition) is 1. The van der Waals surface area contributed by atoms with Gasteiger partial charge in [-0.2, -0.15) is 0 Å². The Morgan fingerprint density at radius 2 is 2.00 bits per heavy atom. The first-order valence-corrected chi connectivity index (χ1v) is 12.3. The lowest BCUT2D eigenvalue weighted by Gasteiger charge is -2.32. The number of benzene rings is 1. The molecular weight excluding hydrogens is 432 g/mol.